The highest BCUT2D eigenvalue weighted by molar-refractivity contribution is 7.42. The van der Waals surface area contributed by atoms with Crippen LogP contribution in [0.2, 0.25) is 0 Å². The van der Waals surface area contributed by atoms with Crippen LogP contribution in [0.3, 0.4) is 0 Å². The van der Waals surface area contributed by atoms with Crippen molar-refractivity contribution in [1.82, 2.24) is 0 Å². The monoisotopic (exact) mass is 164 g/mol. The van der Waals surface area contributed by atoms with Gasteiger partial charge in [0, 0.05) is 10.2 Å². The largest absolute Gasteiger partial charge is 0.0675 e. The van der Waals surface area contributed by atoms with Crippen LogP contribution >= 0.6 is 16.4 Å². The Labute approximate surface area is 63.1 Å². The molecule has 0 unspecified atom stereocenters. The Morgan fingerprint density at radius 1 is 0.800 bits per heavy atom. The van der Waals surface area contributed by atoms with Crippen LogP contribution < -0.4 is 0 Å². The summed E-state index contributed by atoms with van der Waals surface area (Å²) in [5.41, 5.74) is 0. The van der Waals surface area contributed by atoms with Gasteiger partial charge in [0.1, 0.15) is 0 Å². The van der Waals surface area contributed by atoms with Crippen molar-refractivity contribution in [1.29, 1.82) is 0 Å². The summed E-state index contributed by atoms with van der Waals surface area (Å²) in [7, 11) is 2.69. The summed E-state index contributed by atoms with van der Waals surface area (Å²) < 4.78 is 0. The summed E-state index contributed by atoms with van der Waals surface area (Å²) in [5.74, 6) is 4.34. The lowest BCUT2D eigenvalue weighted by atomic mass is 10.5. The van der Waals surface area contributed by atoms with E-state index in [9.17, 15) is 0 Å². The standard InChI is InChI=1S/C8H6P2/c1-3-7-8(9-5-1)4-2-6-10-7/h1-6H. The van der Waals surface area contributed by atoms with Crippen LogP contribution in [0.25, 0.3) is 10.2 Å². The molecule has 0 aromatic carbocycles. The molecule has 0 atom stereocenters. The van der Waals surface area contributed by atoms with E-state index in [-0.39, 0.29) is 0 Å². The Kier molecular flexibility index (Phi) is 1.67. The highest BCUT2D eigenvalue weighted by Gasteiger charge is 1.86. The van der Waals surface area contributed by atoms with Crippen LogP contribution in [-0.4, -0.2) is 0 Å². The Morgan fingerprint density at radius 3 is 1.80 bits per heavy atom. The van der Waals surface area contributed by atoms with Crippen molar-refractivity contribution in [3.8, 4) is 0 Å². The molecule has 0 aliphatic heterocycles. The number of rotatable bonds is 0. The molecule has 10 heavy (non-hydrogen) atoms. The first-order valence-corrected chi connectivity index (χ1v) is 5.05. The van der Waals surface area contributed by atoms with Crippen LogP contribution in [0, 0.1) is 0 Å². The fraction of sp³-hybridized carbons (Fsp3) is 0. The zero-order valence-electron chi connectivity index (χ0n) is 5.36. The summed E-state index contributed by atoms with van der Waals surface area (Å²) in [4.78, 5) is 0. The molecule has 0 spiro atoms. The zero-order valence-corrected chi connectivity index (χ0v) is 7.15. The van der Waals surface area contributed by atoms with Gasteiger partial charge in [-0.1, -0.05) is 28.5 Å². The van der Waals surface area contributed by atoms with Gasteiger partial charge in [-0.2, -0.15) is 0 Å². The van der Waals surface area contributed by atoms with Crippen molar-refractivity contribution in [2.24, 2.45) is 0 Å². The van der Waals surface area contributed by atoms with Crippen molar-refractivity contribution in [3.63, 3.8) is 0 Å². The summed E-state index contributed by atoms with van der Waals surface area (Å²) >= 11 is 0. The molecule has 2 aromatic rings. The topological polar surface area (TPSA) is 0 Å². The lowest BCUT2D eigenvalue weighted by Gasteiger charge is -1.90. The van der Waals surface area contributed by atoms with E-state index in [2.05, 4.69) is 35.9 Å². The van der Waals surface area contributed by atoms with Crippen LogP contribution in [0.15, 0.2) is 35.9 Å². The normalized spacial score (nSPS) is 11.6. The van der Waals surface area contributed by atoms with E-state index in [0.717, 1.165) is 0 Å². The molecule has 0 bridgehead atoms. The Hall–Kier alpha value is -0.440. The lowest BCUT2D eigenvalue weighted by molar-refractivity contribution is 1.97. The van der Waals surface area contributed by atoms with Gasteiger partial charge in [0.2, 0.25) is 0 Å². The molecule has 2 heterocycles. The molecule has 0 nitrogen and oxygen atoms in total. The van der Waals surface area contributed by atoms with Gasteiger partial charge in [-0.15, -0.1) is 0 Å². The highest BCUT2D eigenvalue weighted by atomic mass is 31.0. The molecule has 2 aromatic heterocycles. The third-order valence-electron chi connectivity index (χ3n) is 1.37. The first-order chi connectivity index (χ1) is 4.97. The molecule has 0 aliphatic carbocycles. The second-order valence-electron chi connectivity index (χ2n) is 2.05. The minimum absolute atomic E-state index is 1.34. The molecule has 0 saturated carbocycles. The minimum Gasteiger partial charge on any atom is -0.0675 e. The van der Waals surface area contributed by atoms with E-state index in [0.29, 0.717) is 0 Å². The summed E-state index contributed by atoms with van der Waals surface area (Å²) in [6.45, 7) is 0. The smallest absolute Gasteiger partial charge is 0.0136 e. The quantitative estimate of drug-likeness (QED) is 0.552. The van der Waals surface area contributed by atoms with E-state index in [4.69, 9.17) is 0 Å². The van der Waals surface area contributed by atoms with Gasteiger partial charge in [0.15, 0.2) is 0 Å². The van der Waals surface area contributed by atoms with Crippen molar-refractivity contribution >= 4 is 26.6 Å². The molecule has 0 aliphatic rings. The molecule has 0 N–H and O–H groups in total. The van der Waals surface area contributed by atoms with Gasteiger partial charge >= 0.3 is 0 Å². The SMILES string of the molecule is c1cpc2cccpc2c1. The van der Waals surface area contributed by atoms with E-state index in [1.54, 1.807) is 0 Å². The molecule has 2 heteroatoms. The zero-order chi connectivity index (χ0) is 6.81. The lowest BCUT2D eigenvalue weighted by Crippen LogP contribution is -1.57. The summed E-state index contributed by atoms with van der Waals surface area (Å²) in [5, 5.41) is 2.90. The van der Waals surface area contributed by atoms with Gasteiger partial charge in [-0.05, 0) is 23.7 Å². The maximum Gasteiger partial charge on any atom is 0.0136 e. The molecule has 48 valence electrons. The van der Waals surface area contributed by atoms with Crippen LogP contribution in [-0.2, 0) is 0 Å². The van der Waals surface area contributed by atoms with Gasteiger partial charge in [-0.3, -0.25) is 0 Å². The molecule has 2 rings (SSSR count). The molecule has 0 saturated heterocycles. The van der Waals surface area contributed by atoms with Gasteiger partial charge in [0.05, 0.1) is 0 Å². The maximum absolute atomic E-state index is 2.19. The predicted molar refractivity (Wildman–Crippen MR) is 49.0 cm³/mol. The third-order valence-corrected chi connectivity index (χ3v) is 3.53. The predicted octanol–water partition coefficient (Wildman–Crippen LogP) is 4.00. The van der Waals surface area contributed by atoms with Gasteiger partial charge in [0.25, 0.3) is 0 Å². The first-order valence-electron chi connectivity index (χ1n) is 3.12. The van der Waals surface area contributed by atoms with Crippen LogP contribution in [0.4, 0.5) is 0 Å². The Bertz CT molecular complexity index is 278. The second kappa shape index (κ2) is 2.66. The number of fused-ring (bicyclic) bond motifs is 1. The summed E-state index contributed by atoms with van der Waals surface area (Å²) in [6.07, 6.45) is 0. The van der Waals surface area contributed by atoms with Crippen molar-refractivity contribution in [2.75, 3.05) is 0 Å². The van der Waals surface area contributed by atoms with E-state index in [1.165, 1.54) is 26.6 Å². The molecule has 0 fully saturated rings. The van der Waals surface area contributed by atoms with E-state index < -0.39 is 0 Å². The second-order valence-corrected chi connectivity index (χ2v) is 4.12. The summed E-state index contributed by atoms with van der Waals surface area (Å²) in [6, 6.07) is 8.63. The van der Waals surface area contributed by atoms with E-state index >= 15 is 0 Å². The van der Waals surface area contributed by atoms with Crippen molar-refractivity contribution < 1.29 is 0 Å². The van der Waals surface area contributed by atoms with Gasteiger partial charge < -0.3 is 0 Å². The molecular weight excluding hydrogens is 158 g/mol. The Morgan fingerprint density at radius 2 is 1.30 bits per heavy atom. The average Bonchev–Trinajstić information content (AvgIpc) is 2.05. The van der Waals surface area contributed by atoms with Crippen LogP contribution in [0.5, 0.6) is 0 Å². The fourth-order valence-corrected chi connectivity index (χ4v) is 2.67. The molecular formula is C8H6P2. The first kappa shape index (κ1) is 6.28. The van der Waals surface area contributed by atoms with Crippen LogP contribution in [0.1, 0.15) is 0 Å². The minimum atomic E-state index is 1.34. The van der Waals surface area contributed by atoms with Gasteiger partial charge in [-0.25, -0.2) is 0 Å². The molecule has 0 radical (unpaired) electrons. The maximum atomic E-state index is 2.19. The van der Waals surface area contributed by atoms with Crippen molar-refractivity contribution in [3.05, 3.63) is 35.9 Å². The molecule has 0 amide bonds. The number of hydrogen-bond acceptors (Lipinski definition) is 0. The Balaban J connectivity index is 2.89. The number of hydrogen-bond donors (Lipinski definition) is 0. The third kappa shape index (κ3) is 1.06. The average molecular weight is 164 g/mol. The highest BCUT2D eigenvalue weighted by Crippen LogP contribution is 2.27. The fourth-order valence-electron chi connectivity index (χ4n) is 0.904. The van der Waals surface area contributed by atoms with Crippen molar-refractivity contribution in [2.45, 2.75) is 0 Å². The van der Waals surface area contributed by atoms with E-state index in [1.807, 2.05) is 0 Å².